The highest BCUT2D eigenvalue weighted by Gasteiger charge is 2.09. The predicted octanol–water partition coefficient (Wildman–Crippen LogP) is 3.18. The van der Waals surface area contributed by atoms with Gasteiger partial charge in [-0.05, 0) is 42.8 Å². The van der Waals surface area contributed by atoms with Gasteiger partial charge in [-0.1, -0.05) is 18.2 Å². The van der Waals surface area contributed by atoms with Gasteiger partial charge in [0.1, 0.15) is 5.82 Å². The van der Waals surface area contributed by atoms with Gasteiger partial charge in [-0.25, -0.2) is 9.18 Å². The number of hydrogen-bond acceptors (Lipinski definition) is 3. The van der Waals surface area contributed by atoms with E-state index < -0.39 is 11.8 Å². The van der Waals surface area contributed by atoms with Crippen molar-refractivity contribution in [3.63, 3.8) is 0 Å². The molecule has 1 N–H and O–H groups in total. The Bertz CT molecular complexity index is 668. The second kappa shape index (κ2) is 7.36. The zero-order valence-electron chi connectivity index (χ0n) is 12.1. The second-order valence-corrected chi connectivity index (χ2v) is 4.61. The number of benzene rings is 2. The number of hydrogen-bond donors (Lipinski definition) is 1. The molecule has 0 atom stereocenters. The number of anilines is 1. The summed E-state index contributed by atoms with van der Waals surface area (Å²) in [6, 6.07) is 12.5. The van der Waals surface area contributed by atoms with Crippen LogP contribution in [0.5, 0.6) is 0 Å². The fourth-order valence-corrected chi connectivity index (χ4v) is 1.92. The van der Waals surface area contributed by atoms with Crippen LogP contribution in [-0.2, 0) is 16.0 Å². The van der Waals surface area contributed by atoms with E-state index in [0.29, 0.717) is 23.4 Å². The Hall–Kier alpha value is -2.69. The van der Waals surface area contributed by atoms with Gasteiger partial charge in [0.25, 0.3) is 0 Å². The van der Waals surface area contributed by atoms with Crippen LogP contribution in [0.1, 0.15) is 22.8 Å². The van der Waals surface area contributed by atoms with Crippen molar-refractivity contribution in [2.75, 3.05) is 11.9 Å². The van der Waals surface area contributed by atoms with Gasteiger partial charge in [-0.2, -0.15) is 0 Å². The van der Waals surface area contributed by atoms with E-state index in [0.717, 1.165) is 0 Å². The van der Waals surface area contributed by atoms with Crippen LogP contribution in [0, 0.1) is 5.82 Å². The number of amides is 1. The molecule has 0 aliphatic heterocycles. The number of nitrogens with one attached hydrogen (secondary N) is 1. The molecule has 0 heterocycles. The maximum absolute atomic E-state index is 13.5. The third-order valence-electron chi connectivity index (χ3n) is 2.99. The lowest BCUT2D eigenvalue weighted by molar-refractivity contribution is -0.115. The van der Waals surface area contributed by atoms with Crippen LogP contribution in [0.3, 0.4) is 0 Å². The molecule has 2 aromatic rings. The van der Waals surface area contributed by atoms with Crippen LogP contribution < -0.4 is 5.32 Å². The molecule has 0 saturated heterocycles. The minimum absolute atomic E-state index is 0.0493. The number of ether oxygens (including phenoxy) is 1. The lowest BCUT2D eigenvalue weighted by Crippen LogP contribution is -2.15. The molecule has 0 aliphatic carbocycles. The number of esters is 1. The molecule has 114 valence electrons. The highest BCUT2D eigenvalue weighted by molar-refractivity contribution is 5.94. The molecule has 5 heteroatoms. The zero-order chi connectivity index (χ0) is 15.9. The quantitative estimate of drug-likeness (QED) is 0.863. The Morgan fingerprint density at radius 2 is 1.77 bits per heavy atom. The Balaban J connectivity index is 1.97. The van der Waals surface area contributed by atoms with Crippen molar-refractivity contribution >= 4 is 17.6 Å². The van der Waals surface area contributed by atoms with Crippen LogP contribution in [0.2, 0.25) is 0 Å². The molecule has 0 aliphatic rings. The van der Waals surface area contributed by atoms with E-state index in [-0.39, 0.29) is 12.3 Å². The Morgan fingerprint density at radius 1 is 1.09 bits per heavy atom. The highest BCUT2D eigenvalue weighted by Crippen LogP contribution is 2.12. The maximum Gasteiger partial charge on any atom is 0.338 e. The van der Waals surface area contributed by atoms with Crippen molar-refractivity contribution < 1.29 is 18.7 Å². The zero-order valence-corrected chi connectivity index (χ0v) is 12.1. The van der Waals surface area contributed by atoms with Gasteiger partial charge in [0, 0.05) is 5.69 Å². The molecule has 2 aromatic carbocycles. The lowest BCUT2D eigenvalue weighted by atomic mass is 10.1. The van der Waals surface area contributed by atoms with E-state index in [2.05, 4.69) is 5.32 Å². The molecule has 22 heavy (non-hydrogen) atoms. The van der Waals surface area contributed by atoms with Crippen molar-refractivity contribution in [2.45, 2.75) is 13.3 Å². The summed E-state index contributed by atoms with van der Waals surface area (Å²) in [6.07, 6.45) is -0.0493. The minimum Gasteiger partial charge on any atom is -0.462 e. The van der Waals surface area contributed by atoms with E-state index >= 15 is 0 Å². The smallest absolute Gasteiger partial charge is 0.338 e. The summed E-state index contributed by atoms with van der Waals surface area (Å²) >= 11 is 0. The highest BCUT2D eigenvalue weighted by atomic mass is 19.1. The lowest BCUT2D eigenvalue weighted by Gasteiger charge is -2.07. The molecule has 0 fully saturated rings. The van der Waals surface area contributed by atoms with E-state index in [1.165, 1.54) is 6.07 Å². The molecule has 0 saturated carbocycles. The molecule has 0 aromatic heterocycles. The molecular weight excluding hydrogens is 285 g/mol. The average Bonchev–Trinajstić information content (AvgIpc) is 2.50. The van der Waals surface area contributed by atoms with E-state index in [1.807, 2.05) is 0 Å². The summed E-state index contributed by atoms with van der Waals surface area (Å²) in [5.74, 6) is -1.14. The number of carbonyl (C=O) groups excluding carboxylic acids is 2. The summed E-state index contributed by atoms with van der Waals surface area (Å²) in [5, 5.41) is 2.66. The van der Waals surface area contributed by atoms with Gasteiger partial charge in [0.2, 0.25) is 5.91 Å². The van der Waals surface area contributed by atoms with Crippen molar-refractivity contribution in [1.29, 1.82) is 0 Å². The molecule has 0 spiro atoms. The summed E-state index contributed by atoms with van der Waals surface area (Å²) in [4.78, 5) is 23.4. The van der Waals surface area contributed by atoms with Gasteiger partial charge in [-0.3, -0.25) is 4.79 Å². The maximum atomic E-state index is 13.5. The molecule has 0 bridgehead atoms. The first kappa shape index (κ1) is 15.7. The van der Waals surface area contributed by atoms with Gasteiger partial charge in [0.05, 0.1) is 18.6 Å². The molecule has 1 amide bonds. The largest absolute Gasteiger partial charge is 0.462 e. The molecule has 4 nitrogen and oxygen atoms in total. The summed E-state index contributed by atoms with van der Waals surface area (Å²) in [6.45, 7) is 2.04. The van der Waals surface area contributed by atoms with E-state index in [9.17, 15) is 14.0 Å². The minimum atomic E-state index is -0.410. The fourth-order valence-electron chi connectivity index (χ4n) is 1.92. The van der Waals surface area contributed by atoms with E-state index in [4.69, 9.17) is 4.74 Å². The van der Waals surface area contributed by atoms with Crippen molar-refractivity contribution in [2.24, 2.45) is 0 Å². The normalized spacial score (nSPS) is 10.1. The van der Waals surface area contributed by atoms with Crippen molar-refractivity contribution in [3.8, 4) is 0 Å². The second-order valence-electron chi connectivity index (χ2n) is 4.61. The SMILES string of the molecule is CCOC(=O)c1ccc(NC(=O)Cc2ccccc2F)cc1. The molecular formula is C17H16FNO3. The van der Waals surface area contributed by atoms with Crippen LogP contribution in [-0.4, -0.2) is 18.5 Å². The summed E-state index contributed by atoms with van der Waals surface area (Å²) in [5.41, 5.74) is 1.28. The third kappa shape index (κ3) is 4.15. The first-order valence-corrected chi connectivity index (χ1v) is 6.90. The topological polar surface area (TPSA) is 55.4 Å². The van der Waals surface area contributed by atoms with Crippen LogP contribution in [0.4, 0.5) is 10.1 Å². The molecule has 2 rings (SSSR count). The van der Waals surface area contributed by atoms with Gasteiger partial charge in [0.15, 0.2) is 0 Å². The van der Waals surface area contributed by atoms with Crippen LogP contribution in [0.15, 0.2) is 48.5 Å². The average molecular weight is 301 g/mol. The first-order valence-electron chi connectivity index (χ1n) is 6.90. The number of carbonyl (C=O) groups is 2. The number of halogens is 1. The van der Waals surface area contributed by atoms with Gasteiger partial charge >= 0.3 is 5.97 Å². The number of rotatable bonds is 5. The molecule has 0 unspecified atom stereocenters. The van der Waals surface area contributed by atoms with Gasteiger partial charge in [-0.15, -0.1) is 0 Å². The van der Waals surface area contributed by atoms with Crippen LogP contribution >= 0.6 is 0 Å². The Kier molecular flexibility index (Phi) is 5.25. The van der Waals surface area contributed by atoms with E-state index in [1.54, 1.807) is 49.4 Å². The summed E-state index contributed by atoms with van der Waals surface area (Å²) in [7, 11) is 0. The Morgan fingerprint density at radius 3 is 2.41 bits per heavy atom. The standard InChI is InChI=1S/C17H16FNO3/c1-2-22-17(21)12-7-9-14(10-8-12)19-16(20)11-13-5-3-4-6-15(13)18/h3-10H,2,11H2,1H3,(H,19,20). The third-order valence-corrected chi connectivity index (χ3v) is 2.99. The Labute approximate surface area is 127 Å². The van der Waals surface area contributed by atoms with Crippen LogP contribution in [0.25, 0.3) is 0 Å². The fraction of sp³-hybridized carbons (Fsp3) is 0.176. The predicted molar refractivity (Wildman–Crippen MR) is 81.1 cm³/mol. The van der Waals surface area contributed by atoms with Crippen molar-refractivity contribution in [3.05, 3.63) is 65.5 Å². The summed E-state index contributed by atoms with van der Waals surface area (Å²) < 4.78 is 18.3. The first-order chi connectivity index (χ1) is 10.6. The molecule has 0 radical (unpaired) electrons. The van der Waals surface area contributed by atoms with Gasteiger partial charge < -0.3 is 10.1 Å². The van der Waals surface area contributed by atoms with Crippen molar-refractivity contribution in [1.82, 2.24) is 0 Å². The monoisotopic (exact) mass is 301 g/mol.